The van der Waals surface area contributed by atoms with Gasteiger partial charge in [0, 0.05) is 38.2 Å². The van der Waals surface area contributed by atoms with Gasteiger partial charge in [-0.3, -0.25) is 4.79 Å². The van der Waals surface area contributed by atoms with Gasteiger partial charge in [-0.2, -0.15) is 8.78 Å². The average Bonchev–Trinajstić information content (AvgIpc) is 2.85. The number of carbonyl (C=O) groups excluding carboxylic acids is 1. The molecule has 6 nitrogen and oxygen atoms in total. The minimum absolute atomic E-state index is 0.0227. The minimum atomic E-state index is -2.96. The summed E-state index contributed by atoms with van der Waals surface area (Å²) in [5, 5.41) is 0. The van der Waals surface area contributed by atoms with Gasteiger partial charge >= 0.3 is 6.61 Å². The third-order valence-electron chi connectivity index (χ3n) is 2.96. The van der Waals surface area contributed by atoms with Crippen LogP contribution in [0.3, 0.4) is 0 Å². The molecule has 0 aromatic heterocycles. The van der Waals surface area contributed by atoms with E-state index in [2.05, 4.69) is 4.74 Å². The van der Waals surface area contributed by atoms with E-state index in [0.29, 0.717) is 17.1 Å². The van der Waals surface area contributed by atoms with Gasteiger partial charge in [0.25, 0.3) is 0 Å². The predicted octanol–water partition coefficient (Wildman–Crippen LogP) is 1.32. The molecular weight excluding hydrogens is 286 g/mol. The van der Waals surface area contributed by atoms with Crippen molar-refractivity contribution < 1.29 is 27.8 Å². The van der Waals surface area contributed by atoms with E-state index in [4.69, 9.17) is 15.2 Å². The highest BCUT2D eigenvalue weighted by Gasteiger charge is 2.21. The molecule has 8 heteroatoms. The maximum Gasteiger partial charge on any atom is 0.387 e. The van der Waals surface area contributed by atoms with Gasteiger partial charge in [0.05, 0.1) is 0 Å². The first kappa shape index (κ1) is 15.3. The van der Waals surface area contributed by atoms with Crippen molar-refractivity contribution in [1.29, 1.82) is 0 Å². The molecular formula is C13H16F2N2O4. The predicted molar refractivity (Wildman–Crippen MR) is 69.3 cm³/mol. The average molecular weight is 302 g/mol. The second-order valence-electron chi connectivity index (χ2n) is 4.48. The molecule has 0 aliphatic carbocycles. The normalized spacial score (nSPS) is 12.6. The molecule has 2 N–H and O–H groups in total. The van der Waals surface area contributed by atoms with Crippen LogP contribution in [-0.4, -0.2) is 37.8 Å². The van der Waals surface area contributed by atoms with E-state index >= 15 is 0 Å². The van der Waals surface area contributed by atoms with Crippen molar-refractivity contribution in [2.24, 2.45) is 5.73 Å². The molecule has 0 radical (unpaired) electrons. The molecule has 0 saturated heterocycles. The van der Waals surface area contributed by atoms with Crippen LogP contribution in [0.4, 0.5) is 8.78 Å². The van der Waals surface area contributed by atoms with Crippen molar-refractivity contribution in [3.05, 3.63) is 17.7 Å². The van der Waals surface area contributed by atoms with Crippen LogP contribution in [0.15, 0.2) is 12.1 Å². The van der Waals surface area contributed by atoms with Gasteiger partial charge in [-0.15, -0.1) is 0 Å². The van der Waals surface area contributed by atoms with Gasteiger partial charge < -0.3 is 24.8 Å². The first-order valence-electron chi connectivity index (χ1n) is 6.32. The number of nitrogens with zero attached hydrogens (tertiary/aromatic N) is 1. The second kappa shape index (κ2) is 6.57. The zero-order valence-corrected chi connectivity index (χ0v) is 11.5. The summed E-state index contributed by atoms with van der Waals surface area (Å²) in [6.45, 7) is -2.61. The Morgan fingerprint density at radius 1 is 1.43 bits per heavy atom. The van der Waals surface area contributed by atoms with Gasteiger partial charge in [-0.05, 0) is 6.07 Å². The van der Waals surface area contributed by atoms with E-state index in [1.165, 1.54) is 17.0 Å². The number of alkyl halides is 2. The molecule has 0 spiro atoms. The Kier molecular flexibility index (Phi) is 4.79. The van der Waals surface area contributed by atoms with E-state index in [1.54, 1.807) is 7.05 Å². The lowest BCUT2D eigenvalue weighted by Gasteiger charge is -2.19. The summed E-state index contributed by atoms with van der Waals surface area (Å²) in [6.07, 6.45) is 0.187. The Hall–Kier alpha value is -2.09. The molecule has 1 amide bonds. The number of amides is 1. The number of carbonyl (C=O) groups is 1. The maximum atomic E-state index is 12.5. The Bertz CT molecular complexity index is 525. The fourth-order valence-corrected chi connectivity index (χ4v) is 1.95. The molecule has 1 aliphatic rings. The van der Waals surface area contributed by atoms with Crippen LogP contribution in [0.25, 0.3) is 0 Å². The Balaban J connectivity index is 2.22. The number of hydrogen-bond donors (Lipinski definition) is 1. The highest BCUT2D eigenvalue weighted by molar-refractivity contribution is 5.76. The van der Waals surface area contributed by atoms with Crippen molar-refractivity contribution in [3.8, 4) is 17.2 Å². The number of benzene rings is 1. The van der Waals surface area contributed by atoms with E-state index in [0.717, 1.165) is 0 Å². The zero-order chi connectivity index (χ0) is 15.4. The molecule has 1 aromatic rings. The van der Waals surface area contributed by atoms with Crippen molar-refractivity contribution in [3.63, 3.8) is 0 Å². The van der Waals surface area contributed by atoms with E-state index < -0.39 is 6.61 Å². The second-order valence-corrected chi connectivity index (χ2v) is 4.48. The number of fused-ring (bicyclic) bond motifs is 1. The molecule has 2 rings (SSSR count). The first-order chi connectivity index (χ1) is 10.0. The van der Waals surface area contributed by atoms with Crippen molar-refractivity contribution >= 4 is 5.91 Å². The number of ether oxygens (including phenoxy) is 3. The van der Waals surface area contributed by atoms with Crippen LogP contribution in [0.5, 0.6) is 17.2 Å². The zero-order valence-electron chi connectivity index (χ0n) is 11.5. The number of nitrogens with two attached hydrogens (primary N) is 1. The lowest BCUT2D eigenvalue weighted by atomic mass is 10.1. The Labute approximate surface area is 120 Å². The van der Waals surface area contributed by atoms with E-state index in [9.17, 15) is 13.6 Å². The van der Waals surface area contributed by atoms with Crippen molar-refractivity contribution in [2.45, 2.75) is 19.6 Å². The fourth-order valence-electron chi connectivity index (χ4n) is 1.95. The SMILES string of the molecule is CN(Cc1cc2c(cc1OC(F)F)OCO2)C(=O)CCN. The number of hydrogen-bond acceptors (Lipinski definition) is 5. The summed E-state index contributed by atoms with van der Waals surface area (Å²) in [5.41, 5.74) is 5.73. The van der Waals surface area contributed by atoms with Crippen LogP contribution < -0.4 is 19.9 Å². The molecule has 1 aromatic carbocycles. The van der Waals surface area contributed by atoms with Crippen LogP contribution in [0, 0.1) is 0 Å². The van der Waals surface area contributed by atoms with Gasteiger partial charge in [0.1, 0.15) is 5.75 Å². The first-order valence-corrected chi connectivity index (χ1v) is 6.32. The minimum Gasteiger partial charge on any atom is -0.454 e. The maximum absolute atomic E-state index is 12.5. The molecule has 0 atom stereocenters. The van der Waals surface area contributed by atoms with E-state index in [-0.39, 0.29) is 38.0 Å². The molecule has 0 fully saturated rings. The Morgan fingerprint density at radius 3 is 2.71 bits per heavy atom. The van der Waals surface area contributed by atoms with Gasteiger partial charge in [-0.1, -0.05) is 0 Å². The Morgan fingerprint density at radius 2 is 2.10 bits per heavy atom. The van der Waals surface area contributed by atoms with Crippen LogP contribution in [0.2, 0.25) is 0 Å². The molecule has 116 valence electrons. The molecule has 0 saturated carbocycles. The van der Waals surface area contributed by atoms with Crippen LogP contribution in [0.1, 0.15) is 12.0 Å². The third kappa shape index (κ3) is 3.72. The summed E-state index contributed by atoms with van der Waals surface area (Å²) >= 11 is 0. The van der Waals surface area contributed by atoms with Crippen LogP contribution >= 0.6 is 0 Å². The van der Waals surface area contributed by atoms with Gasteiger partial charge in [-0.25, -0.2) is 0 Å². The van der Waals surface area contributed by atoms with Crippen molar-refractivity contribution in [1.82, 2.24) is 4.90 Å². The topological polar surface area (TPSA) is 74.0 Å². The molecule has 1 aliphatic heterocycles. The molecule has 0 unspecified atom stereocenters. The quantitative estimate of drug-likeness (QED) is 0.858. The summed E-state index contributed by atoms with van der Waals surface area (Å²) in [7, 11) is 1.56. The monoisotopic (exact) mass is 302 g/mol. The van der Waals surface area contributed by atoms with Crippen LogP contribution in [-0.2, 0) is 11.3 Å². The molecule has 1 heterocycles. The summed E-state index contributed by atoms with van der Waals surface area (Å²) < 4.78 is 39.8. The number of rotatable bonds is 6. The third-order valence-corrected chi connectivity index (χ3v) is 2.96. The van der Waals surface area contributed by atoms with Gasteiger partial charge in [0.2, 0.25) is 12.7 Å². The van der Waals surface area contributed by atoms with Crippen molar-refractivity contribution in [2.75, 3.05) is 20.4 Å². The highest BCUT2D eigenvalue weighted by atomic mass is 19.3. The largest absolute Gasteiger partial charge is 0.454 e. The fraction of sp³-hybridized carbons (Fsp3) is 0.462. The van der Waals surface area contributed by atoms with E-state index in [1.807, 2.05) is 0 Å². The lowest BCUT2D eigenvalue weighted by Crippen LogP contribution is -2.28. The molecule has 0 bridgehead atoms. The lowest BCUT2D eigenvalue weighted by molar-refractivity contribution is -0.130. The smallest absolute Gasteiger partial charge is 0.387 e. The summed E-state index contributed by atoms with van der Waals surface area (Å²) in [6, 6.07) is 2.87. The summed E-state index contributed by atoms with van der Waals surface area (Å²) in [5.74, 6) is 0.552. The van der Waals surface area contributed by atoms with Gasteiger partial charge in [0.15, 0.2) is 11.5 Å². The molecule has 21 heavy (non-hydrogen) atoms. The standard InChI is InChI=1S/C13H16F2N2O4/c1-17(12(18)2-3-16)6-8-4-10-11(20-7-19-10)5-9(8)21-13(14)15/h4-5,13H,2-3,6-7,16H2,1H3. The number of halogens is 2. The summed E-state index contributed by atoms with van der Waals surface area (Å²) in [4.78, 5) is 13.1. The highest BCUT2D eigenvalue weighted by Crippen LogP contribution is 2.39.